The molecule has 2 aromatic rings. The summed E-state index contributed by atoms with van der Waals surface area (Å²) in [6.45, 7) is 1.44. The fourth-order valence-electron chi connectivity index (χ4n) is 2.58. The summed E-state index contributed by atoms with van der Waals surface area (Å²) in [5.74, 6) is 1.12. The molecule has 0 bridgehead atoms. The number of methoxy groups -OCH3 is 1. The topological polar surface area (TPSA) is 73.6 Å². The highest BCUT2D eigenvalue weighted by Gasteiger charge is 2.19. The van der Waals surface area contributed by atoms with Crippen molar-refractivity contribution in [1.29, 1.82) is 0 Å². The second-order valence-electron chi connectivity index (χ2n) is 5.52. The van der Waals surface area contributed by atoms with Gasteiger partial charge in [-0.25, -0.2) is 0 Å². The number of amides is 1. The normalized spacial score (nSPS) is 18.2. The minimum Gasteiger partial charge on any atom is -0.497 e. The van der Waals surface area contributed by atoms with E-state index < -0.39 is 0 Å². The largest absolute Gasteiger partial charge is 0.497 e. The van der Waals surface area contributed by atoms with E-state index in [1.807, 2.05) is 24.3 Å². The van der Waals surface area contributed by atoms with Crippen LogP contribution in [-0.4, -0.2) is 37.4 Å². The number of carbonyl (C=O) groups excluding carboxylic acids is 1. The van der Waals surface area contributed by atoms with Gasteiger partial charge in [-0.3, -0.25) is 4.79 Å². The number of aromatic nitrogens is 1. The highest BCUT2D eigenvalue weighted by Crippen LogP contribution is 2.23. The summed E-state index contributed by atoms with van der Waals surface area (Å²) < 4.78 is 15.8. The Morgan fingerprint density at radius 1 is 1.26 bits per heavy atom. The monoisotopic (exact) mass is 316 g/mol. The van der Waals surface area contributed by atoms with Gasteiger partial charge in [-0.2, -0.15) is 0 Å². The maximum absolute atomic E-state index is 12.3. The molecule has 1 aliphatic heterocycles. The molecule has 2 heterocycles. The fraction of sp³-hybridized carbons (Fsp3) is 0.412. The lowest BCUT2D eigenvalue weighted by atomic mass is 10.1. The van der Waals surface area contributed by atoms with Crippen LogP contribution < -0.4 is 10.1 Å². The van der Waals surface area contributed by atoms with Gasteiger partial charge >= 0.3 is 0 Å². The molecule has 1 fully saturated rings. The van der Waals surface area contributed by atoms with Gasteiger partial charge in [0.05, 0.1) is 7.11 Å². The van der Waals surface area contributed by atoms with E-state index in [1.165, 1.54) is 0 Å². The van der Waals surface area contributed by atoms with Crippen LogP contribution in [0, 0.1) is 0 Å². The lowest BCUT2D eigenvalue weighted by Crippen LogP contribution is -2.35. The van der Waals surface area contributed by atoms with Crippen molar-refractivity contribution in [3.63, 3.8) is 0 Å². The van der Waals surface area contributed by atoms with E-state index >= 15 is 0 Å². The van der Waals surface area contributed by atoms with Gasteiger partial charge in [0, 0.05) is 30.9 Å². The maximum Gasteiger partial charge on any atom is 0.273 e. The third-order valence-electron chi connectivity index (χ3n) is 3.90. The highest BCUT2D eigenvalue weighted by atomic mass is 16.5. The first-order chi connectivity index (χ1) is 11.3. The molecule has 6 nitrogen and oxygen atoms in total. The third kappa shape index (κ3) is 3.90. The summed E-state index contributed by atoms with van der Waals surface area (Å²) in [6.07, 6.45) is 2.71. The quantitative estimate of drug-likeness (QED) is 0.938. The number of hydrogen-bond acceptors (Lipinski definition) is 5. The minimum absolute atomic E-state index is 0.131. The van der Waals surface area contributed by atoms with Crippen LogP contribution in [0.15, 0.2) is 34.9 Å². The summed E-state index contributed by atoms with van der Waals surface area (Å²) in [4.78, 5) is 12.3. The van der Waals surface area contributed by atoms with Gasteiger partial charge in [-0.05, 0) is 43.5 Å². The Morgan fingerprint density at radius 2 is 2.09 bits per heavy atom. The van der Waals surface area contributed by atoms with E-state index in [9.17, 15) is 4.79 Å². The van der Waals surface area contributed by atoms with Gasteiger partial charge in [0.15, 0.2) is 11.5 Å². The summed E-state index contributed by atoms with van der Waals surface area (Å²) in [7, 11) is 1.62. The fourth-order valence-corrected chi connectivity index (χ4v) is 2.58. The smallest absolute Gasteiger partial charge is 0.273 e. The van der Waals surface area contributed by atoms with Crippen LogP contribution in [0.4, 0.5) is 0 Å². The second kappa shape index (κ2) is 7.28. The lowest BCUT2D eigenvalue weighted by Gasteiger charge is -2.14. The first-order valence-corrected chi connectivity index (χ1v) is 7.76. The predicted octanol–water partition coefficient (Wildman–Crippen LogP) is 2.65. The number of carbonyl (C=O) groups is 1. The zero-order valence-electron chi connectivity index (χ0n) is 13.1. The average Bonchev–Trinajstić information content (AvgIpc) is 2.94. The SMILES string of the molecule is COc1ccc(-c2cc(C(=O)NC3CCCOCC3)no2)cc1. The molecule has 1 aliphatic rings. The molecule has 0 saturated carbocycles. The van der Waals surface area contributed by atoms with Gasteiger partial charge in [0.25, 0.3) is 5.91 Å². The number of nitrogens with one attached hydrogen (secondary N) is 1. The van der Waals surface area contributed by atoms with Crippen molar-refractivity contribution in [3.8, 4) is 17.1 Å². The highest BCUT2D eigenvalue weighted by molar-refractivity contribution is 5.93. The lowest BCUT2D eigenvalue weighted by molar-refractivity contribution is 0.0920. The molecule has 6 heteroatoms. The molecule has 0 spiro atoms. The Labute approximate surface area is 134 Å². The first kappa shape index (κ1) is 15.6. The van der Waals surface area contributed by atoms with Crippen LogP contribution in [0.25, 0.3) is 11.3 Å². The molecule has 0 aliphatic carbocycles. The third-order valence-corrected chi connectivity index (χ3v) is 3.90. The zero-order valence-corrected chi connectivity index (χ0v) is 13.1. The Bertz CT molecular complexity index is 643. The molecule has 1 aromatic heterocycles. The van der Waals surface area contributed by atoms with E-state index in [4.69, 9.17) is 14.0 Å². The molecule has 1 unspecified atom stereocenters. The number of hydrogen-bond donors (Lipinski definition) is 1. The van der Waals surface area contributed by atoms with Crippen molar-refractivity contribution in [2.24, 2.45) is 0 Å². The molecular weight excluding hydrogens is 296 g/mol. The standard InChI is InChI=1S/C17H20N2O4/c1-21-14-6-4-12(5-7-14)16-11-15(19-23-16)17(20)18-13-3-2-9-22-10-8-13/h4-7,11,13H,2-3,8-10H2,1H3,(H,18,20). The number of rotatable bonds is 4. The van der Waals surface area contributed by atoms with Crippen molar-refractivity contribution in [1.82, 2.24) is 10.5 Å². The summed E-state index contributed by atoms with van der Waals surface area (Å²) in [5, 5.41) is 6.87. The van der Waals surface area contributed by atoms with Crippen LogP contribution in [0.5, 0.6) is 5.75 Å². The summed E-state index contributed by atoms with van der Waals surface area (Å²) >= 11 is 0. The van der Waals surface area contributed by atoms with E-state index in [1.54, 1.807) is 13.2 Å². The molecule has 23 heavy (non-hydrogen) atoms. The van der Waals surface area contributed by atoms with E-state index in [0.29, 0.717) is 18.1 Å². The zero-order chi connectivity index (χ0) is 16.1. The molecule has 0 radical (unpaired) electrons. The number of ether oxygens (including phenoxy) is 2. The average molecular weight is 316 g/mol. The van der Waals surface area contributed by atoms with Crippen molar-refractivity contribution >= 4 is 5.91 Å². The summed E-state index contributed by atoms with van der Waals surface area (Å²) in [5.41, 5.74) is 1.14. The predicted molar refractivity (Wildman–Crippen MR) is 84.4 cm³/mol. The number of benzene rings is 1. The molecule has 1 saturated heterocycles. The molecule has 122 valence electrons. The molecule has 1 atom stereocenters. The van der Waals surface area contributed by atoms with Crippen molar-refractivity contribution in [2.75, 3.05) is 20.3 Å². The van der Waals surface area contributed by atoms with Crippen LogP contribution in [0.2, 0.25) is 0 Å². The van der Waals surface area contributed by atoms with Crippen LogP contribution in [0.1, 0.15) is 29.8 Å². The van der Waals surface area contributed by atoms with Gasteiger partial charge in [0.1, 0.15) is 5.75 Å². The van der Waals surface area contributed by atoms with E-state index in [0.717, 1.165) is 37.2 Å². The molecular formula is C17H20N2O4. The Kier molecular flexibility index (Phi) is 4.92. The molecule has 1 N–H and O–H groups in total. The van der Waals surface area contributed by atoms with Crippen LogP contribution in [-0.2, 0) is 4.74 Å². The van der Waals surface area contributed by atoms with Crippen LogP contribution >= 0.6 is 0 Å². The molecule has 1 amide bonds. The Morgan fingerprint density at radius 3 is 2.87 bits per heavy atom. The summed E-state index contributed by atoms with van der Waals surface area (Å²) in [6, 6.07) is 9.19. The number of nitrogens with zero attached hydrogens (tertiary/aromatic N) is 1. The second-order valence-corrected chi connectivity index (χ2v) is 5.52. The van der Waals surface area contributed by atoms with Gasteiger partial charge in [0.2, 0.25) is 0 Å². The van der Waals surface area contributed by atoms with E-state index in [2.05, 4.69) is 10.5 Å². The first-order valence-electron chi connectivity index (χ1n) is 7.76. The Balaban J connectivity index is 1.66. The minimum atomic E-state index is -0.208. The molecule has 3 rings (SSSR count). The van der Waals surface area contributed by atoms with E-state index in [-0.39, 0.29) is 11.9 Å². The Hall–Kier alpha value is -2.34. The van der Waals surface area contributed by atoms with Crippen molar-refractivity contribution in [2.45, 2.75) is 25.3 Å². The van der Waals surface area contributed by atoms with Crippen LogP contribution in [0.3, 0.4) is 0 Å². The molecule has 1 aromatic carbocycles. The maximum atomic E-state index is 12.3. The van der Waals surface area contributed by atoms with Crippen molar-refractivity contribution < 1.29 is 18.8 Å². The van der Waals surface area contributed by atoms with Crippen molar-refractivity contribution in [3.05, 3.63) is 36.0 Å². The van der Waals surface area contributed by atoms with Gasteiger partial charge in [-0.15, -0.1) is 0 Å². The van der Waals surface area contributed by atoms with Gasteiger partial charge in [-0.1, -0.05) is 5.16 Å². The van der Waals surface area contributed by atoms with Gasteiger partial charge < -0.3 is 19.3 Å².